The van der Waals surface area contributed by atoms with Gasteiger partial charge >= 0.3 is 12.1 Å². The molecule has 1 aliphatic heterocycles. The number of carbonyl (C=O) groups is 1. The van der Waals surface area contributed by atoms with Crippen LogP contribution in [0.5, 0.6) is 11.5 Å². The predicted molar refractivity (Wildman–Crippen MR) is 122 cm³/mol. The number of alkyl halides is 3. The summed E-state index contributed by atoms with van der Waals surface area (Å²) in [5.41, 5.74) is 0.0231. The summed E-state index contributed by atoms with van der Waals surface area (Å²) in [6, 6.07) is 15.1. The predicted octanol–water partition coefficient (Wildman–Crippen LogP) is 5.43. The monoisotopic (exact) mass is 487 g/mol. The number of rotatable bonds is 6. The Morgan fingerprint density at radius 2 is 1.54 bits per heavy atom. The molecule has 8 nitrogen and oxygen atoms in total. The molecule has 3 aromatic rings. The van der Waals surface area contributed by atoms with Crippen molar-refractivity contribution in [2.75, 3.05) is 36.0 Å². The van der Waals surface area contributed by atoms with Crippen molar-refractivity contribution >= 4 is 23.0 Å². The summed E-state index contributed by atoms with van der Waals surface area (Å²) in [7, 11) is 0. The number of nitro benzene ring substituents is 1. The highest BCUT2D eigenvalue weighted by molar-refractivity contribution is 5.87. The lowest BCUT2D eigenvalue weighted by molar-refractivity contribution is -0.384. The molecule has 0 bridgehead atoms. The summed E-state index contributed by atoms with van der Waals surface area (Å²) in [5, 5.41) is 20.6. The number of hydrogen-bond acceptors (Lipinski definition) is 6. The third-order valence-corrected chi connectivity index (χ3v) is 5.64. The number of benzene rings is 3. The quantitative estimate of drug-likeness (QED) is 0.366. The standard InChI is InChI=1S/C24H20F3N3O5/c25-24(26,27)17-2-1-3-18(14-17)28-10-12-29(13-11-28)22-15-20(8-9-21(22)30(33)34)35-19-6-4-16(5-7-19)23(31)32/h1-9,14-15H,10-13H2,(H,31,32). The van der Waals surface area contributed by atoms with Crippen molar-refractivity contribution in [3.05, 3.63) is 88.0 Å². The van der Waals surface area contributed by atoms with Crippen LogP contribution in [0.1, 0.15) is 15.9 Å². The van der Waals surface area contributed by atoms with Crippen LogP contribution in [-0.2, 0) is 6.18 Å². The van der Waals surface area contributed by atoms with Crippen molar-refractivity contribution in [2.45, 2.75) is 6.18 Å². The van der Waals surface area contributed by atoms with Crippen molar-refractivity contribution < 1.29 is 32.7 Å². The van der Waals surface area contributed by atoms with Gasteiger partial charge in [0.25, 0.3) is 5.69 Å². The highest BCUT2D eigenvalue weighted by atomic mass is 19.4. The Bertz CT molecular complexity index is 1240. The maximum atomic E-state index is 13.1. The molecule has 0 aromatic heterocycles. The second-order valence-electron chi connectivity index (χ2n) is 7.86. The smallest absolute Gasteiger partial charge is 0.416 e. The lowest BCUT2D eigenvalue weighted by atomic mass is 10.1. The molecule has 1 heterocycles. The Labute approximate surface area is 197 Å². The molecule has 35 heavy (non-hydrogen) atoms. The number of carboxylic acids is 1. The zero-order valence-electron chi connectivity index (χ0n) is 18.2. The number of carboxylic acid groups (broad SMARTS) is 1. The third-order valence-electron chi connectivity index (χ3n) is 5.64. The molecule has 11 heteroatoms. The molecule has 0 unspecified atom stereocenters. The van der Waals surface area contributed by atoms with E-state index < -0.39 is 22.6 Å². The zero-order valence-corrected chi connectivity index (χ0v) is 18.2. The van der Waals surface area contributed by atoms with Crippen LogP contribution in [0.15, 0.2) is 66.7 Å². The minimum Gasteiger partial charge on any atom is -0.478 e. The Kier molecular flexibility index (Phi) is 6.50. The molecule has 0 saturated carbocycles. The fourth-order valence-electron chi connectivity index (χ4n) is 3.86. The van der Waals surface area contributed by atoms with Gasteiger partial charge in [0.1, 0.15) is 17.2 Å². The van der Waals surface area contributed by atoms with Gasteiger partial charge in [0.05, 0.1) is 16.1 Å². The molecule has 1 fully saturated rings. The highest BCUT2D eigenvalue weighted by Gasteiger charge is 2.31. The largest absolute Gasteiger partial charge is 0.478 e. The average molecular weight is 487 g/mol. The van der Waals surface area contributed by atoms with Crippen LogP contribution in [0.25, 0.3) is 0 Å². The second kappa shape index (κ2) is 9.53. The Balaban J connectivity index is 1.51. The van der Waals surface area contributed by atoms with Crippen LogP contribution in [0.3, 0.4) is 0 Å². The number of anilines is 2. The van der Waals surface area contributed by atoms with E-state index in [-0.39, 0.29) is 11.3 Å². The molecule has 4 rings (SSSR count). The van der Waals surface area contributed by atoms with Gasteiger partial charge in [0, 0.05) is 44.0 Å². The van der Waals surface area contributed by atoms with Crippen LogP contribution in [0, 0.1) is 10.1 Å². The summed E-state index contributed by atoms with van der Waals surface area (Å²) in [6.45, 7) is 1.46. The van der Waals surface area contributed by atoms with Crippen molar-refractivity contribution in [3.8, 4) is 11.5 Å². The lowest BCUT2D eigenvalue weighted by Gasteiger charge is -2.37. The highest BCUT2D eigenvalue weighted by Crippen LogP contribution is 2.36. The SMILES string of the molecule is O=C(O)c1ccc(Oc2ccc([N+](=O)[O-])c(N3CCN(c4cccc(C(F)(F)F)c4)CC3)c2)cc1. The summed E-state index contributed by atoms with van der Waals surface area (Å²) < 4.78 is 44.9. The number of aromatic carboxylic acids is 1. The van der Waals surface area contributed by atoms with Crippen molar-refractivity contribution in [1.82, 2.24) is 0 Å². The third kappa shape index (κ3) is 5.45. The van der Waals surface area contributed by atoms with E-state index in [4.69, 9.17) is 9.84 Å². The molecular formula is C24H20F3N3O5. The van der Waals surface area contributed by atoms with Gasteiger partial charge < -0.3 is 19.6 Å². The van der Waals surface area contributed by atoms with Gasteiger partial charge in [-0.1, -0.05) is 6.07 Å². The van der Waals surface area contributed by atoms with E-state index in [1.54, 1.807) is 11.0 Å². The second-order valence-corrected chi connectivity index (χ2v) is 7.86. The van der Waals surface area contributed by atoms with Crippen molar-refractivity contribution in [2.24, 2.45) is 0 Å². The van der Waals surface area contributed by atoms with E-state index in [2.05, 4.69) is 0 Å². The molecule has 1 aliphatic rings. The first-order valence-corrected chi connectivity index (χ1v) is 10.6. The van der Waals surface area contributed by atoms with Gasteiger partial charge in [-0.05, 0) is 48.5 Å². The van der Waals surface area contributed by atoms with E-state index in [1.807, 2.05) is 4.90 Å². The molecule has 182 valence electrons. The first-order valence-electron chi connectivity index (χ1n) is 10.6. The molecule has 3 aromatic carbocycles. The maximum Gasteiger partial charge on any atom is 0.416 e. The lowest BCUT2D eigenvalue weighted by Crippen LogP contribution is -2.46. The maximum absolute atomic E-state index is 13.1. The van der Waals surface area contributed by atoms with Crippen LogP contribution in [-0.4, -0.2) is 42.2 Å². The Morgan fingerprint density at radius 1 is 0.914 bits per heavy atom. The number of nitro groups is 1. The van der Waals surface area contributed by atoms with Crippen LogP contribution < -0.4 is 14.5 Å². The molecule has 0 amide bonds. The number of ether oxygens (including phenoxy) is 1. The summed E-state index contributed by atoms with van der Waals surface area (Å²) in [5.74, 6) is -0.378. The zero-order chi connectivity index (χ0) is 25.2. The van der Waals surface area contributed by atoms with E-state index in [1.165, 1.54) is 48.5 Å². The van der Waals surface area contributed by atoms with E-state index in [0.29, 0.717) is 49.1 Å². The number of nitrogens with zero attached hydrogens (tertiary/aromatic N) is 3. The Morgan fingerprint density at radius 3 is 2.14 bits per heavy atom. The van der Waals surface area contributed by atoms with E-state index in [9.17, 15) is 28.1 Å². The molecule has 0 aliphatic carbocycles. The molecule has 0 radical (unpaired) electrons. The number of hydrogen-bond donors (Lipinski definition) is 1. The Hall–Kier alpha value is -4.28. The summed E-state index contributed by atoms with van der Waals surface area (Å²) in [4.78, 5) is 25.7. The van der Waals surface area contributed by atoms with Gasteiger partial charge in [-0.2, -0.15) is 13.2 Å². The summed E-state index contributed by atoms with van der Waals surface area (Å²) in [6.07, 6.45) is -4.44. The molecule has 0 spiro atoms. The molecular weight excluding hydrogens is 467 g/mol. The van der Waals surface area contributed by atoms with Crippen molar-refractivity contribution in [3.63, 3.8) is 0 Å². The van der Waals surface area contributed by atoms with Gasteiger partial charge in [0.15, 0.2) is 0 Å². The number of piperazine rings is 1. The molecule has 0 atom stereocenters. The fourth-order valence-corrected chi connectivity index (χ4v) is 3.86. The molecule has 1 N–H and O–H groups in total. The average Bonchev–Trinajstić information content (AvgIpc) is 2.84. The first-order chi connectivity index (χ1) is 16.6. The number of halogens is 3. The van der Waals surface area contributed by atoms with Crippen LogP contribution >= 0.6 is 0 Å². The van der Waals surface area contributed by atoms with Gasteiger partial charge in [0.2, 0.25) is 0 Å². The van der Waals surface area contributed by atoms with E-state index >= 15 is 0 Å². The van der Waals surface area contributed by atoms with Crippen LogP contribution in [0.4, 0.5) is 30.2 Å². The van der Waals surface area contributed by atoms with Gasteiger partial charge in [-0.25, -0.2) is 4.79 Å². The molecule has 1 saturated heterocycles. The normalized spacial score (nSPS) is 14.0. The van der Waals surface area contributed by atoms with Crippen LogP contribution in [0.2, 0.25) is 0 Å². The van der Waals surface area contributed by atoms with E-state index in [0.717, 1.165) is 12.1 Å². The first kappa shape index (κ1) is 23.9. The van der Waals surface area contributed by atoms with Crippen molar-refractivity contribution in [1.29, 1.82) is 0 Å². The van der Waals surface area contributed by atoms with Gasteiger partial charge in [-0.15, -0.1) is 0 Å². The summed E-state index contributed by atoms with van der Waals surface area (Å²) >= 11 is 0. The minimum atomic E-state index is -4.44. The fraction of sp³-hybridized carbons (Fsp3) is 0.208. The topological polar surface area (TPSA) is 96.1 Å². The minimum absolute atomic E-state index is 0.0976. The van der Waals surface area contributed by atoms with Gasteiger partial charge in [-0.3, -0.25) is 10.1 Å².